The lowest BCUT2D eigenvalue weighted by Gasteiger charge is -2.37. The summed E-state index contributed by atoms with van der Waals surface area (Å²) < 4.78 is 18.1. The topological polar surface area (TPSA) is 73.9 Å². The molecule has 0 radical (unpaired) electrons. The molecule has 0 aromatic heterocycles. The van der Waals surface area contributed by atoms with Crippen molar-refractivity contribution < 1.29 is 23.8 Å². The van der Waals surface area contributed by atoms with E-state index in [-0.39, 0.29) is 11.8 Å². The molecule has 0 unspecified atom stereocenters. The van der Waals surface area contributed by atoms with E-state index in [2.05, 4.69) is 46.9 Å². The van der Waals surface area contributed by atoms with Crippen molar-refractivity contribution in [2.75, 3.05) is 6.61 Å². The van der Waals surface area contributed by atoms with E-state index in [1.165, 1.54) is 56.9 Å². The number of hydrogen-bond donors (Lipinski definition) is 1. The molecule has 0 saturated carbocycles. The summed E-state index contributed by atoms with van der Waals surface area (Å²) in [6, 6.07) is 8.69. The molecule has 4 atom stereocenters. The number of carbonyl (C=O) groups is 2. The molecule has 1 heterocycles. The largest absolute Gasteiger partial charge is 0.492 e. The molecule has 0 aliphatic carbocycles. The van der Waals surface area contributed by atoms with E-state index in [1.807, 2.05) is 44.2 Å². The van der Waals surface area contributed by atoms with Crippen molar-refractivity contribution in [2.45, 2.75) is 158 Å². The van der Waals surface area contributed by atoms with E-state index in [0.717, 1.165) is 58.6 Å². The van der Waals surface area contributed by atoms with Gasteiger partial charge in [-0.1, -0.05) is 116 Å². The van der Waals surface area contributed by atoms with Gasteiger partial charge in [-0.05, 0) is 94.4 Å². The number of esters is 1. The average Bonchev–Trinajstić information content (AvgIpc) is 3.01. The minimum Gasteiger partial charge on any atom is -0.492 e. The van der Waals surface area contributed by atoms with Gasteiger partial charge in [-0.25, -0.2) is 9.59 Å². The second-order valence-corrected chi connectivity index (χ2v) is 17.0. The second kappa shape index (κ2) is 18.3. The fraction of sp³-hybridized carbons (Fsp3) is 0.674. The highest BCUT2D eigenvalue weighted by molar-refractivity contribution is 5.84. The van der Waals surface area contributed by atoms with Crippen LogP contribution in [0.5, 0.6) is 11.5 Å². The Morgan fingerprint density at radius 3 is 2.04 bits per heavy atom. The van der Waals surface area contributed by atoms with Crippen LogP contribution in [-0.4, -0.2) is 30.3 Å². The Morgan fingerprint density at radius 2 is 1.45 bits per heavy atom. The lowest BCUT2D eigenvalue weighted by Crippen LogP contribution is -2.46. The molecular formula is C43H67NO5. The number of ether oxygens (including phenoxy) is 3. The molecule has 1 aliphatic rings. The number of rotatable bonds is 17. The summed E-state index contributed by atoms with van der Waals surface area (Å²) in [7, 11) is 0. The first-order valence-electron chi connectivity index (χ1n) is 19.0. The van der Waals surface area contributed by atoms with Gasteiger partial charge in [0.25, 0.3) is 0 Å². The highest BCUT2D eigenvalue weighted by Gasteiger charge is 2.35. The number of benzene rings is 2. The molecule has 1 aliphatic heterocycles. The summed E-state index contributed by atoms with van der Waals surface area (Å²) in [5, 5.41) is 2.76. The van der Waals surface area contributed by atoms with Crippen molar-refractivity contribution in [1.82, 2.24) is 5.32 Å². The summed E-state index contributed by atoms with van der Waals surface area (Å²) in [6.45, 7) is 24.0. The van der Waals surface area contributed by atoms with Crippen molar-refractivity contribution in [2.24, 2.45) is 23.2 Å². The molecule has 6 heteroatoms. The van der Waals surface area contributed by atoms with Crippen LogP contribution in [0.4, 0.5) is 4.79 Å². The normalized spacial score (nSPS) is 17.9. The first kappa shape index (κ1) is 40.4. The Balaban J connectivity index is 1.62. The molecule has 1 N–H and O–H groups in total. The summed E-state index contributed by atoms with van der Waals surface area (Å²) in [4.78, 5) is 26.4. The summed E-state index contributed by atoms with van der Waals surface area (Å²) in [5.41, 5.74) is 4.37. The SMILES string of the molecule is Cc1c(C)c(OC(=O)[C@@H](Cc2ccccc2)NC(=O)OC(C)(C)C)c(C)c2c1C[C@](C)(CCC[C@@H](C)CCC[C@@H](C)CCCC(C)C)CO2. The number of alkyl carbamates (subject to hydrolysis) is 1. The van der Waals surface area contributed by atoms with Gasteiger partial charge >= 0.3 is 12.1 Å². The van der Waals surface area contributed by atoms with E-state index < -0.39 is 23.7 Å². The van der Waals surface area contributed by atoms with Gasteiger partial charge in [0.15, 0.2) is 0 Å². The lowest BCUT2D eigenvalue weighted by molar-refractivity contribution is -0.136. The third-order valence-corrected chi connectivity index (χ3v) is 10.3. The zero-order valence-corrected chi connectivity index (χ0v) is 32.7. The number of amides is 1. The third-order valence-electron chi connectivity index (χ3n) is 10.3. The van der Waals surface area contributed by atoms with E-state index >= 15 is 0 Å². The van der Waals surface area contributed by atoms with E-state index in [0.29, 0.717) is 12.4 Å². The monoisotopic (exact) mass is 678 g/mol. The molecule has 274 valence electrons. The number of fused-ring (bicyclic) bond motifs is 1. The summed E-state index contributed by atoms with van der Waals surface area (Å²) in [5.74, 6) is 3.22. The van der Waals surface area contributed by atoms with Crippen LogP contribution in [0.2, 0.25) is 0 Å². The van der Waals surface area contributed by atoms with Gasteiger partial charge in [0.2, 0.25) is 0 Å². The highest BCUT2D eigenvalue weighted by atomic mass is 16.6. The number of carbonyl (C=O) groups excluding carboxylic acids is 2. The molecule has 2 aromatic rings. The van der Waals surface area contributed by atoms with Crippen LogP contribution in [0.15, 0.2) is 30.3 Å². The van der Waals surface area contributed by atoms with Crippen LogP contribution in [0.3, 0.4) is 0 Å². The van der Waals surface area contributed by atoms with Gasteiger partial charge in [-0.15, -0.1) is 0 Å². The first-order chi connectivity index (χ1) is 23.0. The van der Waals surface area contributed by atoms with Crippen LogP contribution in [0, 0.1) is 43.9 Å². The molecule has 3 rings (SSSR count). The van der Waals surface area contributed by atoms with Gasteiger partial charge in [0.05, 0.1) is 6.61 Å². The fourth-order valence-corrected chi connectivity index (χ4v) is 7.14. The van der Waals surface area contributed by atoms with Crippen molar-refractivity contribution in [3.63, 3.8) is 0 Å². The first-order valence-corrected chi connectivity index (χ1v) is 19.0. The Hall–Kier alpha value is -3.02. The van der Waals surface area contributed by atoms with Gasteiger partial charge in [-0.3, -0.25) is 0 Å². The van der Waals surface area contributed by atoms with Gasteiger partial charge in [0, 0.05) is 17.4 Å². The maximum Gasteiger partial charge on any atom is 0.408 e. The Kier molecular flexibility index (Phi) is 15.1. The van der Waals surface area contributed by atoms with Crippen molar-refractivity contribution in [3.8, 4) is 11.5 Å². The third kappa shape index (κ3) is 13.0. The Morgan fingerprint density at radius 1 is 0.857 bits per heavy atom. The van der Waals surface area contributed by atoms with Crippen LogP contribution in [0.25, 0.3) is 0 Å². The van der Waals surface area contributed by atoms with E-state index in [9.17, 15) is 9.59 Å². The van der Waals surface area contributed by atoms with Crippen molar-refractivity contribution in [3.05, 3.63) is 58.1 Å². The van der Waals surface area contributed by atoms with Crippen molar-refractivity contribution in [1.29, 1.82) is 0 Å². The summed E-state index contributed by atoms with van der Waals surface area (Å²) >= 11 is 0. The van der Waals surface area contributed by atoms with E-state index in [4.69, 9.17) is 14.2 Å². The molecular weight excluding hydrogens is 610 g/mol. The Labute approximate surface area is 298 Å². The predicted octanol–water partition coefficient (Wildman–Crippen LogP) is 11.0. The van der Waals surface area contributed by atoms with Crippen molar-refractivity contribution >= 4 is 12.1 Å². The molecule has 0 bridgehead atoms. The molecule has 2 aromatic carbocycles. The zero-order valence-electron chi connectivity index (χ0n) is 32.7. The standard InChI is InChI=1S/C43H67NO5/c1-29(2)18-15-19-30(3)20-16-21-31(4)22-17-25-43(11)27-36-32(5)33(6)38(34(7)39(36)47-28-43)48-40(45)37(26-35-23-13-12-14-24-35)44-41(46)49-42(8,9)10/h12-14,23-24,29-31,37H,15-22,25-28H2,1-11H3,(H,44,46)/t30-,31-,37+,43-/m0/s1. The van der Waals surface area contributed by atoms with E-state index in [1.54, 1.807) is 20.8 Å². The van der Waals surface area contributed by atoms with Gasteiger partial charge < -0.3 is 19.5 Å². The molecule has 49 heavy (non-hydrogen) atoms. The predicted molar refractivity (Wildman–Crippen MR) is 202 cm³/mol. The summed E-state index contributed by atoms with van der Waals surface area (Å²) in [6.07, 6.45) is 12.3. The molecule has 0 spiro atoms. The highest BCUT2D eigenvalue weighted by Crippen LogP contribution is 2.46. The molecule has 0 saturated heterocycles. The maximum atomic E-state index is 13.7. The van der Waals surface area contributed by atoms with Crippen LogP contribution in [-0.2, 0) is 22.4 Å². The zero-order chi connectivity index (χ0) is 36.4. The number of hydrogen-bond acceptors (Lipinski definition) is 5. The lowest BCUT2D eigenvalue weighted by atomic mass is 9.75. The molecule has 1 amide bonds. The molecule has 0 fully saturated rings. The smallest absolute Gasteiger partial charge is 0.408 e. The fourth-order valence-electron chi connectivity index (χ4n) is 7.14. The maximum absolute atomic E-state index is 13.7. The minimum atomic E-state index is -0.919. The van der Waals surface area contributed by atoms with Gasteiger partial charge in [-0.2, -0.15) is 0 Å². The molecule has 6 nitrogen and oxygen atoms in total. The second-order valence-electron chi connectivity index (χ2n) is 17.0. The number of nitrogens with one attached hydrogen (secondary N) is 1. The quantitative estimate of drug-likeness (QED) is 0.133. The van der Waals surface area contributed by atoms with Crippen LogP contribution < -0.4 is 14.8 Å². The minimum absolute atomic E-state index is 0.0671. The average molecular weight is 678 g/mol. The van der Waals surface area contributed by atoms with Gasteiger partial charge in [0.1, 0.15) is 23.1 Å². The Bertz CT molecular complexity index is 1360. The van der Waals surface area contributed by atoms with Crippen LogP contribution >= 0.6 is 0 Å². The van der Waals surface area contributed by atoms with Crippen LogP contribution in [0.1, 0.15) is 141 Å².